The van der Waals surface area contributed by atoms with Gasteiger partial charge in [0.05, 0.1) is 14.2 Å². The van der Waals surface area contributed by atoms with Gasteiger partial charge in [0.15, 0.2) is 11.5 Å². The molecule has 2 aromatic rings. The number of aromatic nitrogens is 2. The van der Waals surface area contributed by atoms with Crippen LogP contribution in [0, 0.1) is 0 Å². The largest absolute Gasteiger partial charge is 0.493 e. The van der Waals surface area contributed by atoms with Gasteiger partial charge in [-0.1, -0.05) is 0 Å². The first-order valence-electron chi connectivity index (χ1n) is 8.32. The number of ether oxygens (including phenoxy) is 2. The molecule has 1 aromatic carbocycles. The molecule has 0 spiro atoms. The average molecular weight is 342 g/mol. The molecule has 132 valence electrons. The Hall–Kier alpha value is -2.83. The maximum Gasteiger partial charge on any atom is 0.272 e. The summed E-state index contributed by atoms with van der Waals surface area (Å²) in [7, 11) is 3.17. The van der Waals surface area contributed by atoms with E-state index in [1.54, 1.807) is 38.6 Å². The van der Waals surface area contributed by atoms with Crippen LogP contribution in [-0.4, -0.2) is 48.1 Å². The van der Waals surface area contributed by atoms with Crippen molar-refractivity contribution >= 4 is 17.5 Å². The molecule has 1 amide bonds. The fourth-order valence-corrected chi connectivity index (χ4v) is 2.84. The van der Waals surface area contributed by atoms with Crippen molar-refractivity contribution in [1.82, 2.24) is 14.9 Å². The minimum absolute atomic E-state index is 0.0440. The van der Waals surface area contributed by atoms with E-state index in [2.05, 4.69) is 15.3 Å². The Morgan fingerprint density at radius 1 is 1.08 bits per heavy atom. The van der Waals surface area contributed by atoms with Gasteiger partial charge >= 0.3 is 0 Å². The average Bonchev–Trinajstić information content (AvgIpc) is 2.68. The maximum atomic E-state index is 12.6. The molecule has 1 N–H and O–H groups in total. The highest BCUT2D eigenvalue weighted by molar-refractivity contribution is 5.92. The summed E-state index contributed by atoms with van der Waals surface area (Å²) < 4.78 is 10.5. The minimum Gasteiger partial charge on any atom is -0.493 e. The van der Waals surface area contributed by atoms with Crippen LogP contribution in [0.25, 0.3) is 0 Å². The highest BCUT2D eigenvalue weighted by Gasteiger charge is 2.19. The summed E-state index contributed by atoms with van der Waals surface area (Å²) in [5.74, 6) is 1.57. The third kappa shape index (κ3) is 3.99. The van der Waals surface area contributed by atoms with E-state index in [-0.39, 0.29) is 5.91 Å². The lowest BCUT2D eigenvalue weighted by Gasteiger charge is -2.26. The first-order chi connectivity index (χ1) is 12.2. The summed E-state index contributed by atoms with van der Waals surface area (Å²) in [5, 5.41) is 3.10. The molecule has 1 fully saturated rings. The first kappa shape index (κ1) is 17.0. The number of nitrogens with one attached hydrogen (secondary N) is 1. The molecular formula is C18H22N4O3. The van der Waals surface area contributed by atoms with Crippen LogP contribution in [-0.2, 0) is 0 Å². The second-order valence-electron chi connectivity index (χ2n) is 5.81. The lowest BCUT2D eigenvalue weighted by Crippen LogP contribution is -2.36. The summed E-state index contributed by atoms with van der Waals surface area (Å²) in [4.78, 5) is 23.0. The Balaban J connectivity index is 1.76. The zero-order valence-electron chi connectivity index (χ0n) is 14.5. The molecule has 25 heavy (non-hydrogen) atoms. The minimum atomic E-state index is -0.0440. The molecule has 1 aliphatic heterocycles. The van der Waals surface area contributed by atoms with Crippen molar-refractivity contribution in [3.05, 3.63) is 36.2 Å². The molecule has 0 saturated carbocycles. The SMILES string of the molecule is COc1ccc(Nc2nccc(C(=O)N3CCCCC3)n2)cc1OC. The van der Waals surface area contributed by atoms with Gasteiger partial charge in [0.25, 0.3) is 5.91 Å². The molecule has 0 atom stereocenters. The Labute approximate surface area is 147 Å². The lowest BCUT2D eigenvalue weighted by molar-refractivity contribution is 0.0718. The highest BCUT2D eigenvalue weighted by atomic mass is 16.5. The first-order valence-corrected chi connectivity index (χ1v) is 8.32. The van der Waals surface area contributed by atoms with Crippen molar-refractivity contribution in [3.8, 4) is 11.5 Å². The van der Waals surface area contributed by atoms with Crippen LogP contribution in [0.5, 0.6) is 11.5 Å². The van der Waals surface area contributed by atoms with Gasteiger partial charge in [-0.25, -0.2) is 9.97 Å². The Morgan fingerprint density at radius 2 is 1.84 bits per heavy atom. The molecule has 1 aliphatic rings. The molecular weight excluding hydrogens is 320 g/mol. The number of hydrogen-bond donors (Lipinski definition) is 1. The van der Waals surface area contributed by atoms with Crippen LogP contribution in [0.3, 0.4) is 0 Å². The number of amides is 1. The maximum absolute atomic E-state index is 12.6. The Kier molecular flexibility index (Phi) is 5.33. The van der Waals surface area contributed by atoms with Crippen molar-refractivity contribution in [3.63, 3.8) is 0 Å². The number of nitrogens with zero attached hydrogens (tertiary/aromatic N) is 3. The summed E-state index contributed by atoms with van der Waals surface area (Å²) >= 11 is 0. The highest BCUT2D eigenvalue weighted by Crippen LogP contribution is 2.30. The van der Waals surface area contributed by atoms with Crippen LogP contribution < -0.4 is 14.8 Å². The van der Waals surface area contributed by atoms with E-state index in [0.717, 1.165) is 31.6 Å². The molecule has 0 bridgehead atoms. The quantitative estimate of drug-likeness (QED) is 0.900. The van der Waals surface area contributed by atoms with Gasteiger partial charge in [0.1, 0.15) is 5.69 Å². The molecule has 3 rings (SSSR count). The lowest BCUT2D eigenvalue weighted by atomic mass is 10.1. The standard InChI is InChI=1S/C18H22N4O3/c1-24-15-7-6-13(12-16(15)25-2)20-18-19-9-8-14(21-18)17(23)22-10-4-3-5-11-22/h6-9,12H,3-5,10-11H2,1-2H3,(H,19,20,21). The van der Waals surface area contributed by atoms with Crippen molar-refractivity contribution < 1.29 is 14.3 Å². The van der Waals surface area contributed by atoms with Crippen LogP contribution >= 0.6 is 0 Å². The number of carbonyl (C=O) groups is 1. The Bertz CT molecular complexity index is 745. The number of hydrogen-bond acceptors (Lipinski definition) is 6. The van der Waals surface area contributed by atoms with E-state index in [0.29, 0.717) is 23.1 Å². The van der Waals surface area contributed by atoms with Crippen LogP contribution in [0.1, 0.15) is 29.8 Å². The molecule has 1 saturated heterocycles. The van der Waals surface area contributed by atoms with Gasteiger partial charge in [-0.15, -0.1) is 0 Å². The smallest absolute Gasteiger partial charge is 0.272 e. The number of benzene rings is 1. The van der Waals surface area contributed by atoms with Gasteiger partial charge in [-0.05, 0) is 37.5 Å². The third-order valence-electron chi connectivity index (χ3n) is 4.16. The summed E-state index contributed by atoms with van der Waals surface area (Å²) in [6.07, 6.45) is 4.87. The number of anilines is 2. The monoisotopic (exact) mass is 342 g/mol. The van der Waals surface area contributed by atoms with Gasteiger partial charge in [0, 0.05) is 31.0 Å². The topological polar surface area (TPSA) is 76.6 Å². The number of piperidine rings is 1. The number of methoxy groups -OCH3 is 2. The van der Waals surface area contributed by atoms with Crippen LogP contribution in [0.4, 0.5) is 11.6 Å². The summed E-state index contributed by atoms with van der Waals surface area (Å²) in [6.45, 7) is 1.59. The zero-order chi connectivity index (χ0) is 17.6. The van der Waals surface area contributed by atoms with Gasteiger partial charge in [0.2, 0.25) is 5.95 Å². The fourth-order valence-electron chi connectivity index (χ4n) is 2.84. The third-order valence-corrected chi connectivity index (χ3v) is 4.16. The van der Waals surface area contributed by atoms with Crippen molar-refractivity contribution in [2.24, 2.45) is 0 Å². The summed E-state index contributed by atoms with van der Waals surface area (Å²) in [6, 6.07) is 7.08. The molecule has 2 heterocycles. The molecule has 0 aliphatic carbocycles. The predicted octanol–water partition coefficient (Wildman–Crippen LogP) is 2.86. The number of carbonyl (C=O) groups excluding carboxylic acids is 1. The molecule has 0 unspecified atom stereocenters. The van der Waals surface area contributed by atoms with Gasteiger partial charge < -0.3 is 19.7 Å². The normalized spacial score (nSPS) is 14.1. The molecule has 7 nitrogen and oxygen atoms in total. The van der Waals surface area contributed by atoms with E-state index in [4.69, 9.17) is 9.47 Å². The predicted molar refractivity (Wildman–Crippen MR) is 94.6 cm³/mol. The van der Waals surface area contributed by atoms with E-state index >= 15 is 0 Å². The van der Waals surface area contributed by atoms with E-state index in [1.807, 2.05) is 11.0 Å². The van der Waals surface area contributed by atoms with Gasteiger partial charge in [-0.2, -0.15) is 0 Å². The van der Waals surface area contributed by atoms with Gasteiger partial charge in [-0.3, -0.25) is 4.79 Å². The van der Waals surface area contributed by atoms with Crippen molar-refractivity contribution in [2.75, 3.05) is 32.6 Å². The fraction of sp³-hybridized carbons (Fsp3) is 0.389. The van der Waals surface area contributed by atoms with Crippen molar-refractivity contribution in [1.29, 1.82) is 0 Å². The van der Waals surface area contributed by atoms with E-state index in [1.165, 1.54) is 6.42 Å². The zero-order valence-corrected chi connectivity index (χ0v) is 14.5. The summed E-state index contributed by atoms with van der Waals surface area (Å²) in [5.41, 5.74) is 1.15. The number of rotatable bonds is 5. The van der Waals surface area contributed by atoms with Crippen molar-refractivity contribution in [2.45, 2.75) is 19.3 Å². The van der Waals surface area contributed by atoms with Crippen LogP contribution in [0.2, 0.25) is 0 Å². The molecule has 1 aromatic heterocycles. The molecule has 7 heteroatoms. The number of likely N-dealkylation sites (tertiary alicyclic amines) is 1. The second-order valence-corrected chi connectivity index (χ2v) is 5.81. The Morgan fingerprint density at radius 3 is 2.56 bits per heavy atom. The van der Waals surface area contributed by atoms with E-state index < -0.39 is 0 Å². The van der Waals surface area contributed by atoms with E-state index in [9.17, 15) is 4.79 Å². The van der Waals surface area contributed by atoms with Crippen LogP contribution in [0.15, 0.2) is 30.5 Å². The molecule has 0 radical (unpaired) electrons. The second kappa shape index (κ2) is 7.83.